The van der Waals surface area contributed by atoms with Crippen LogP contribution in [-0.4, -0.2) is 25.7 Å². The molecule has 0 aliphatic heterocycles. The van der Waals surface area contributed by atoms with Crippen molar-refractivity contribution >= 4 is 30.0 Å². The first-order chi connectivity index (χ1) is 9.13. The number of carbonyl (C=O) groups excluding carboxylic acids is 1. The maximum atomic E-state index is 12.0. The summed E-state index contributed by atoms with van der Waals surface area (Å²) in [5, 5.41) is 0.211. The number of aromatic nitrogens is 1. The summed E-state index contributed by atoms with van der Waals surface area (Å²) in [7, 11) is -1.70. The van der Waals surface area contributed by atoms with E-state index in [2.05, 4.69) is 54.8 Å². The summed E-state index contributed by atoms with van der Waals surface area (Å²) >= 11 is 3.28. The van der Waals surface area contributed by atoms with E-state index < -0.39 is 8.32 Å². The van der Waals surface area contributed by atoms with Gasteiger partial charge in [0, 0.05) is 13.0 Å². The zero-order chi connectivity index (χ0) is 15.4. The Morgan fingerprint density at radius 3 is 2.55 bits per heavy atom. The molecular formula is C15H24BrNO2Si. The van der Waals surface area contributed by atoms with Crippen LogP contribution in [0.4, 0.5) is 0 Å². The highest BCUT2D eigenvalue weighted by Gasteiger charge is 2.36. The molecule has 20 heavy (non-hydrogen) atoms. The van der Waals surface area contributed by atoms with Crippen LogP contribution in [0.5, 0.6) is 0 Å². The Labute approximate surface area is 131 Å². The van der Waals surface area contributed by atoms with Crippen LogP contribution in [0.1, 0.15) is 44.1 Å². The van der Waals surface area contributed by atoms with Crippen LogP contribution in [0.2, 0.25) is 18.1 Å². The average molecular weight is 358 g/mol. The number of pyridine rings is 1. The van der Waals surface area contributed by atoms with Gasteiger partial charge in [-0.2, -0.15) is 0 Å². The quantitative estimate of drug-likeness (QED) is 0.316. The van der Waals surface area contributed by atoms with Crippen molar-refractivity contribution in [2.24, 2.45) is 0 Å². The first-order valence-corrected chi connectivity index (χ1v) is 10.6. The third-order valence-electron chi connectivity index (χ3n) is 3.82. The van der Waals surface area contributed by atoms with E-state index in [1.807, 2.05) is 12.1 Å². The predicted octanol–water partition coefficient (Wildman–Crippen LogP) is 4.83. The Hall–Kier alpha value is -0.523. The van der Waals surface area contributed by atoms with Crippen molar-refractivity contribution < 1.29 is 9.22 Å². The van der Waals surface area contributed by atoms with E-state index in [9.17, 15) is 4.79 Å². The Balaban J connectivity index is 2.40. The minimum atomic E-state index is -1.70. The fourth-order valence-electron chi connectivity index (χ4n) is 1.47. The monoisotopic (exact) mass is 357 g/mol. The summed E-state index contributed by atoms with van der Waals surface area (Å²) in [4.78, 5) is 16.2. The predicted molar refractivity (Wildman–Crippen MR) is 88.7 cm³/mol. The van der Waals surface area contributed by atoms with Crippen LogP contribution in [0.3, 0.4) is 0 Å². The zero-order valence-electron chi connectivity index (χ0n) is 13.0. The fraction of sp³-hybridized carbons (Fsp3) is 0.600. The standard InChI is InChI=1S/C15H24BrNO2Si/c1-15(2,3)20(4,5)19-11-7-9-13(18)12-8-6-10-14(16)17-12/h6,8,10H,7,9,11H2,1-5H3. The molecular weight excluding hydrogens is 334 g/mol. The molecule has 0 fully saturated rings. The number of nitrogens with zero attached hydrogens (tertiary/aromatic N) is 1. The summed E-state index contributed by atoms with van der Waals surface area (Å²) in [6.07, 6.45) is 1.23. The molecule has 1 rings (SSSR count). The normalized spacial score (nSPS) is 12.5. The van der Waals surface area contributed by atoms with E-state index in [1.165, 1.54) is 0 Å². The van der Waals surface area contributed by atoms with E-state index in [1.54, 1.807) is 6.07 Å². The van der Waals surface area contributed by atoms with Crippen molar-refractivity contribution in [2.75, 3.05) is 6.61 Å². The Morgan fingerprint density at radius 2 is 2.00 bits per heavy atom. The third-order valence-corrected chi connectivity index (χ3v) is 8.80. The van der Waals surface area contributed by atoms with Gasteiger partial charge in [0.1, 0.15) is 10.3 Å². The molecule has 0 bridgehead atoms. The van der Waals surface area contributed by atoms with E-state index in [-0.39, 0.29) is 10.8 Å². The van der Waals surface area contributed by atoms with Crippen LogP contribution in [0.15, 0.2) is 22.8 Å². The molecule has 1 aromatic heterocycles. The minimum Gasteiger partial charge on any atom is -0.417 e. The fourth-order valence-corrected chi connectivity index (χ4v) is 2.90. The smallest absolute Gasteiger partial charge is 0.191 e. The van der Waals surface area contributed by atoms with Gasteiger partial charge in [-0.15, -0.1) is 0 Å². The van der Waals surface area contributed by atoms with Gasteiger partial charge >= 0.3 is 0 Å². The minimum absolute atomic E-state index is 0.0742. The largest absolute Gasteiger partial charge is 0.417 e. The van der Waals surface area contributed by atoms with Gasteiger partial charge in [-0.25, -0.2) is 4.98 Å². The zero-order valence-corrected chi connectivity index (χ0v) is 15.6. The molecule has 0 unspecified atom stereocenters. The molecule has 3 nitrogen and oxygen atoms in total. The van der Waals surface area contributed by atoms with E-state index >= 15 is 0 Å². The molecule has 5 heteroatoms. The van der Waals surface area contributed by atoms with Gasteiger partial charge in [-0.1, -0.05) is 26.8 Å². The summed E-state index contributed by atoms with van der Waals surface area (Å²) in [5.41, 5.74) is 0.520. The lowest BCUT2D eigenvalue weighted by Gasteiger charge is -2.36. The summed E-state index contributed by atoms with van der Waals surface area (Å²) in [6.45, 7) is 11.8. The highest BCUT2D eigenvalue weighted by atomic mass is 79.9. The number of rotatable bonds is 6. The number of hydrogen-bond donors (Lipinski definition) is 0. The number of Topliss-reactive ketones (excluding diaryl/α,β-unsaturated/α-hetero) is 1. The van der Waals surface area contributed by atoms with Crippen molar-refractivity contribution in [3.63, 3.8) is 0 Å². The maximum absolute atomic E-state index is 12.0. The van der Waals surface area contributed by atoms with Gasteiger partial charge in [0.15, 0.2) is 14.1 Å². The number of halogens is 1. The molecule has 0 aromatic carbocycles. The number of ketones is 1. The second-order valence-electron chi connectivity index (χ2n) is 6.48. The molecule has 0 amide bonds. The highest BCUT2D eigenvalue weighted by molar-refractivity contribution is 9.10. The molecule has 0 spiro atoms. The lowest BCUT2D eigenvalue weighted by molar-refractivity contribution is 0.0967. The lowest BCUT2D eigenvalue weighted by atomic mass is 10.1. The van der Waals surface area contributed by atoms with Crippen molar-refractivity contribution in [3.8, 4) is 0 Å². The van der Waals surface area contributed by atoms with E-state index in [4.69, 9.17) is 4.43 Å². The molecule has 112 valence electrons. The SMILES string of the molecule is CC(C)(C)[Si](C)(C)OCCCC(=O)c1cccc(Br)n1. The van der Waals surface area contributed by atoms with Crippen LogP contribution in [0, 0.1) is 0 Å². The van der Waals surface area contributed by atoms with Crippen LogP contribution in [0.25, 0.3) is 0 Å². The van der Waals surface area contributed by atoms with Crippen molar-refractivity contribution in [1.29, 1.82) is 0 Å². The van der Waals surface area contributed by atoms with Crippen LogP contribution < -0.4 is 0 Å². The van der Waals surface area contributed by atoms with Gasteiger partial charge in [0.05, 0.1) is 0 Å². The number of carbonyl (C=O) groups is 1. The van der Waals surface area contributed by atoms with Gasteiger partial charge in [0.2, 0.25) is 0 Å². The second kappa shape index (κ2) is 6.96. The highest BCUT2D eigenvalue weighted by Crippen LogP contribution is 2.36. The molecule has 0 aliphatic carbocycles. The average Bonchev–Trinajstić information content (AvgIpc) is 2.33. The van der Waals surface area contributed by atoms with Crippen molar-refractivity contribution in [3.05, 3.63) is 28.5 Å². The summed E-state index contributed by atoms with van der Waals surface area (Å²) in [6, 6.07) is 5.40. The molecule has 1 heterocycles. The van der Waals surface area contributed by atoms with Crippen LogP contribution >= 0.6 is 15.9 Å². The summed E-state index contributed by atoms with van der Waals surface area (Å²) < 4.78 is 6.76. The van der Waals surface area contributed by atoms with Gasteiger partial charge < -0.3 is 4.43 Å². The summed E-state index contributed by atoms with van der Waals surface area (Å²) in [5.74, 6) is 0.0742. The molecule has 0 saturated carbocycles. The van der Waals surface area contributed by atoms with E-state index in [0.717, 1.165) is 6.42 Å². The third kappa shape index (κ3) is 5.11. The second-order valence-corrected chi connectivity index (χ2v) is 12.1. The Morgan fingerprint density at radius 1 is 1.35 bits per heavy atom. The van der Waals surface area contributed by atoms with Crippen molar-refractivity contribution in [1.82, 2.24) is 4.98 Å². The first-order valence-electron chi connectivity index (χ1n) is 6.93. The molecule has 1 aromatic rings. The van der Waals surface area contributed by atoms with E-state index in [0.29, 0.717) is 23.3 Å². The molecule has 0 atom stereocenters. The Bertz CT molecular complexity index is 469. The van der Waals surface area contributed by atoms with Crippen LogP contribution in [-0.2, 0) is 4.43 Å². The Kier molecular flexibility index (Phi) is 6.10. The van der Waals surface area contributed by atoms with Gasteiger partial charge in [-0.3, -0.25) is 4.79 Å². The molecule has 0 N–H and O–H groups in total. The molecule has 0 saturated heterocycles. The maximum Gasteiger partial charge on any atom is 0.191 e. The number of hydrogen-bond acceptors (Lipinski definition) is 3. The van der Waals surface area contributed by atoms with Gasteiger partial charge in [-0.05, 0) is 52.6 Å². The lowest BCUT2D eigenvalue weighted by Crippen LogP contribution is -2.41. The van der Waals surface area contributed by atoms with Crippen molar-refractivity contribution in [2.45, 2.75) is 51.7 Å². The topological polar surface area (TPSA) is 39.2 Å². The van der Waals surface area contributed by atoms with Gasteiger partial charge in [0.25, 0.3) is 0 Å². The molecule has 0 radical (unpaired) electrons. The first kappa shape index (κ1) is 17.5. The molecule has 0 aliphatic rings.